The minimum absolute atomic E-state index is 0.0921. The van der Waals surface area contributed by atoms with Gasteiger partial charge >= 0.3 is 0 Å². The first-order chi connectivity index (χ1) is 6.24. The molecule has 0 heterocycles. The highest BCUT2D eigenvalue weighted by atomic mass is 19.3. The van der Waals surface area contributed by atoms with Gasteiger partial charge in [0.05, 0.1) is 0 Å². The quantitative estimate of drug-likeness (QED) is 0.766. The summed E-state index contributed by atoms with van der Waals surface area (Å²) in [6.07, 6.45) is -0.762. The molecule has 0 aliphatic heterocycles. The van der Waals surface area contributed by atoms with Gasteiger partial charge in [0, 0.05) is 5.56 Å². The smallest absolute Gasteiger partial charge is 0.263 e. The molecule has 0 unspecified atom stereocenters. The fraction of sp³-hybridized carbons (Fsp3) is 0.400. The van der Waals surface area contributed by atoms with Gasteiger partial charge in [-0.3, -0.25) is 0 Å². The lowest BCUT2D eigenvalue weighted by atomic mass is 10.1. The molecule has 0 amide bonds. The Balaban J connectivity index is 2.68. The zero-order valence-corrected chi connectivity index (χ0v) is 7.34. The summed E-state index contributed by atoms with van der Waals surface area (Å²) >= 11 is 0. The van der Waals surface area contributed by atoms with E-state index in [-0.39, 0.29) is 5.56 Å². The molecule has 1 aromatic carbocycles. The Labute approximate surface area is 76.6 Å². The van der Waals surface area contributed by atoms with Crippen LogP contribution in [0.5, 0.6) is 0 Å². The Hall–Kier alpha value is -0.960. The van der Waals surface area contributed by atoms with Crippen molar-refractivity contribution in [2.45, 2.75) is 19.3 Å². The number of alkyl halides is 2. The molecule has 0 aliphatic rings. The molecule has 0 bridgehead atoms. The second-order valence-corrected chi connectivity index (χ2v) is 2.94. The highest BCUT2D eigenvalue weighted by Gasteiger charge is 2.06. The average molecular weight is 185 g/mol. The summed E-state index contributed by atoms with van der Waals surface area (Å²) in [4.78, 5) is 0. The van der Waals surface area contributed by atoms with E-state index in [1.165, 1.54) is 6.07 Å². The molecule has 0 saturated carbocycles. The summed E-state index contributed by atoms with van der Waals surface area (Å²) in [6, 6.07) is 6.49. The van der Waals surface area contributed by atoms with Gasteiger partial charge in [0.25, 0.3) is 6.43 Å². The van der Waals surface area contributed by atoms with Crippen LogP contribution in [-0.2, 0) is 6.42 Å². The number of halogens is 2. The largest absolute Gasteiger partial charge is 0.330 e. The molecule has 3 heteroatoms. The van der Waals surface area contributed by atoms with E-state index in [0.29, 0.717) is 6.54 Å². The van der Waals surface area contributed by atoms with Crippen molar-refractivity contribution < 1.29 is 8.78 Å². The minimum Gasteiger partial charge on any atom is -0.330 e. The van der Waals surface area contributed by atoms with E-state index >= 15 is 0 Å². The predicted molar refractivity (Wildman–Crippen MR) is 48.8 cm³/mol. The molecule has 72 valence electrons. The van der Waals surface area contributed by atoms with Gasteiger partial charge in [0.1, 0.15) is 0 Å². The zero-order chi connectivity index (χ0) is 9.68. The maximum Gasteiger partial charge on any atom is 0.263 e. The normalized spacial score (nSPS) is 10.8. The summed E-state index contributed by atoms with van der Waals surface area (Å²) in [5.41, 5.74) is 6.35. The zero-order valence-electron chi connectivity index (χ0n) is 7.34. The summed E-state index contributed by atoms with van der Waals surface area (Å²) in [5, 5.41) is 0. The summed E-state index contributed by atoms with van der Waals surface area (Å²) in [6.45, 7) is 0.596. The van der Waals surface area contributed by atoms with E-state index in [9.17, 15) is 8.78 Å². The maximum absolute atomic E-state index is 12.2. The lowest BCUT2D eigenvalue weighted by Gasteiger charge is -2.03. The molecule has 0 saturated heterocycles. The molecule has 0 spiro atoms. The Kier molecular flexibility index (Phi) is 3.83. The van der Waals surface area contributed by atoms with Crippen LogP contribution in [0.2, 0.25) is 0 Å². The predicted octanol–water partition coefficient (Wildman–Crippen LogP) is 2.52. The van der Waals surface area contributed by atoms with E-state index in [0.717, 1.165) is 18.4 Å². The van der Waals surface area contributed by atoms with Crippen LogP contribution in [0.15, 0.2) is 24.3 Å². The first-order valence-corrected chi connectivity index (χ1v) is 4.31. The number of hydrogen-bond acceptors (Lipinski definition) is 1. The van der Waals surface area contributed by atoms with Crippen molar-refractivity contribution in [1.82, 2.24) is 0 Å². The first-order valence-electron chi connectivity index (χ1n) is 4.31. The minimum atomic E-state index is -2.38. The van der Waals surface area contributed by atoms with Crippen molar-refractivity contribution >= 4 is 0 Å². The molecule has 0 aliphatic carbocycles. The van der Waals surface area contributed by atoms with Crippen LogP contribution >= 0.6 is 0 Å². The third kappa shape index (κ3) is 3.11. The van der Waals surface area contributed by atoms with Crippen LogP contribution < -0.4 is 5.73 Å². The third-order valence-corrected chi connectivity index (χ3v) is 1.87. The van der Waals surface area contributed by atoms with Crippen molar-refractivity contribution in [3.8, 4) is 0 Å². The van der Waals surface area contributed by atoms with Gasteiger partial charge in [-0.05, 0) is 24.9 Å². The lowest BCUT2D eigenvalue weighted by molar-refractivity contribution is 0.151. The number of aryl methyl sites for hydroxylation is 1. The molecule has 1 aromatic rings. The van der Waals surface area contributed by atoms with E-state index in [1.807, 2.05) is 6.07 Å². The van der Waals surface area contributed by atoms with Gasteiger partial charge in [-0.25, -0.2) is 8.78 Å². The van der Waals surface area contributed by atoms with Crippen LogP contribution in [-0.4, -0.2) is 6.54 Å². The summed E-state index contributed by atoms with van der Waals surface area (Å²) < 4.78 is 24.5. The van der Waals surface area contributed by atoms with Crippen LogP contribution in [0.4, 0.5) is 8.78 Å². The molecule has 1 rings (SSSR count). The highest BCUT2D eigenvalue weighted by molar-refractivity contribution is 5.24. The van der Waals surface area contributed by atoms with Gasteiger partial charge < -0.3 is 5.73 Å². The van der Waals surface area contributed by atoms with Crippen LogP contribution in [0.3, 0.4) is 0 Å². The van der Waals surface area contributed by atoms with Crippen LogP contribution in [0.25, 0.3) is 0 Å². The average Bonchev–Trinajstić information content (AvgIpc) is 2.15. The molecule has 0 aromatic heterocycles. The number of benzene rings is 1. The molecular formula is C10H13F2N. The second kappa shape index (κ2) is 4.92. The van der Waals surface area contributed by atoms with Crippen molar-refractivity contribution in [2.75, 3.05) is 6.54 Å². The summed E-state index contributed by atoms with van der Waals surface area (Å²) in [5.74, 6) is 0. The van der Waals surface area contributed by atoms with Gasteiger partial charge in [-0.1, -0.05) is 24.3 Å². The van der Waals surface area contributed by atoms with Crippen molar-refractivity contribution in [3.05, 3.63) is 35.4 Å². The van der Waals surface area contributed by atoms with Crippen LogP contribution in [0.1, 0.15) is 24.0 Å². The Morgan fingerprint density at radius 3 is 2.69 bits per heavy atom. The van der Waals surface area contributed by atoms with E-state index in [2.05, 4.69) is 0 Å². The van der Waals surface area contributed by atoms with E-state index in [1.54, 1.807) is 12.1 Å². The van der Waals surface area contributed by atoms with Crippen LogP contribution in [0, 0.1) is 0 Å². The molecule has 13 heavy (non-hydrogen) atoms. The van der Waals surface area contributed by atoms with Crippen molar-refractivity contribution in [3.63, 3.8) is 0 Å². The lowest BCUT2D eigenvalue weighted by Crippen LogP contribution is -2.00. The Morgan fingerprint density at radius 1 is 1.31 bits per heavy atom. The molecular weight excluding hydrogens is 172 g/mol. The topological polar surface area (TPSA) is 26.0 Å². The van der Waals surface area contributed by atoms with E-state index in [4.69, 9.17) is 5.73 Å². The van der Waals surface area contributed by atoms with Crippen molar-refractivity contribution in [1.29, 1.82) is 0 Å². The monoisotopic (exact) mass is 185 g/mol. The van der Waals surface area contributed by atoms with Gasteiger partial charge in [-0.2, -0.15) is 0 Å². The Bertz CT molecular complexity index is 261. The van der Waals surface area contributed by atoms with E-state index < -0.39 is 6.43 Å². The standard InChI is InChI=1S/C10H13F2N/c11-10(12)9-5-1-3-8(7-9)4-2-6-13/h1,3,5,7,10H,2,4,6,13H2. The van der Waals surface area contributed by atoms with Gasteiger partial charge in [0.15, 0.2) is 0 Å². The molecule has 0 fully saturated rings. The highest BCUT2D eigenvalue weighted by Crippen LogP contribution is 2.19. The molecule has 0 atom stereocenters. The summed E-state index contributed by atoms with van der Waals surface area (Å²) in [7, 11) is 0. The number of nitrogens with two attached hydrogens (primary N) is 1. The fourth-order valence-electron chi connectivity index (χ4n) is 1.19. The fourth-order valence-corrected chi connectivity index (χ4v) is 1.19. The SMILES string of the molecule is NCCCc1cccc(C(F)F)c1. The Morgan fingerprint density at radius 2 is 2.08 bits per heavy atom. The molecule has 2 N–H and O–H groups in total. The molecule has 0 radical (unpaired) electrons. The number of rotatable bonds is 4. The maximum atomic E-state index is 12.2. The number of hydrogen-bond donors (Lipinski definition) is 1. The third-order valence-electron chi connectivity index (χ3n) is 1.87. The molecule has 1 nitrogen and oxygen atoms in total. The second-order valence-electron chi connectivity index (χ2n) is 2.94. The first kappa shape index (κ1) is 10.1. The van der Waals surface area contributed by atoms with Gasteiger partial charge in [0.2, 0.25) is 0 Å². The van der Waals surface area contributed by atoms with Gasteiger partial charge in [-0.15, -0.1) is 0 Å². The van der Waals surface area contributed by atoms with Crippen molar-refractivity contribution in [2.24, 2.45) is 5.73 Å².